The summed E-state index contributed by atoms with van der Waals surface area (Å²) in [5.41, 5.74) is 1.34. The molecule has 3 rings (SSSR count). The number of halogens is 2. The molecule has 5 nitrogen and oxygen atoms in total. The molecule has 1 atom stereocenters. The summed E-state index contributed by atoms with van der Waals surface area (Å²) >= 11 is 11.9. The number of hydrogen-bond acceptors (Lipinski definition) is 3. The summed E-state index contributed by atoms with van der Waals surface area (Å²) in [5, 5.41) is 8.15. The van der Waals surface area contributed by atoms with Crippen LogP contribution < -0.4 is 10.9 Å². The van der Waals surface area contributed by atoms with Crippen LogP contribution in [0.15, 0.2) is 35.1 Å². The van der Waals surface area contributed by atoms with Crippen molar-refractivity contribution in [3.63, 3.8) is 0 Å². The summed E-state index contributed by atoms with van der Waals surface area (Å²) in [6, 6.07) is 7.62. The van der Waals surface area contributed by atoms with Gasteiger partial charge in [-0.2, -0.15) is 5.10 Å². The number of carbonyl (C=O) groups is 1. The second-order valence-electron chi connectivity index (χ2n) is 5.94. The molecular weight excluding hydrogens is 349 g/mol. The minimum Gasteiger partial charge on any atom is -0.350 e. The van der Waals surface area contributed by atoms with Crippen LogP contribution in [0.5, 0.6) is 0 Å². The van der Waals surface area contributed by atoms with Gasteiger partial charge in [0.2, 0.25) is 5.91 Å². The SMILES string of the molecule is CC(C(=O)NCc1ccc(Cl)cc1Cl)n1nc(C2CC2)ccc1=O. The van der Waals surface area contributed by atoms with Crippen LogP contribution in [0.3, 0.4) is 0 Å². The molecule has 1 aromatic heterocycles. The predicted molar refractivity (Wildman–Crippen MR) is 93.5 cm³/mol. The van der Waals surface area contributed by atoms with Crippen molar-refractivity contribution in [2.75, 3.05) is 0 Å². The summed E-state index contributed by atoms with van der Waals surface area (Å²) in [6.45, 7) is 1.92. The van der Waals surface area contributed by atoms with E-state index >= 15 is 0 Å². The number of carbonyl (C=O) groups excluding carboxylic acids is 1. The van der Waals surface area contributed by atoms with Crippen molar-refractivity contribution in [2.24, 2.45) is 0 Å². The number of hydrogen-bond donors (Lipinski definition) is 1. The quantitative estimate of drug-likeness (QED) is 0.883. The summed E-state index contributed by atoms with van der Waals surface area (Å²) in [7, 11) is 0. The van der Waals surface area contributed by atoms with Crippen LogP contribution in [0.4, 0.5) is 0 Å². The average Bonchev–Trinajstić information content (AvgIpc) is 3.38. The van der Waals surface area contributed by atoms with E-state index in [0.29, 0.717) is 16.0 Å². The molecule has 1 aliphatic carbocycles. The Balaban J connectivity index is 1.70. The Labute approximate surface area is 149 Å². The van der Waals surface area contributed by atoms with E-state index in [2.05, 4.69) is 10.4 Å². The highest BCUT2D eigenvalue weighted by atomic mass is 35.5. The van der Waals surface area contributed by atoms with Crippen LogP contribution in [-0.2, 0) is 11.3 Å². The Kier molecular flexibility index (Phi) is 4.92. The fraction of sp³-hybridized carbons (Fsp3) is 0.353. The fourth-order valence-electron chi connectivity index (χ4n) is 2.42. The van der Waals surface area contributed by atoms with Gasteiger partial charge >= 0.3 is 0 Å². The molecule has 0 aliphatic heterocycles. The van der Waals surface area contributed by atoms with Gasteiger partial charge in [-0.25, -0.2) is 4.68 Å². The van der Waals surface area contributed by atoms with Gasteiger partial charge in [0, 0.05) is 28.6 Å². The maximum atomic E-state index is 12.4. The van der Waals surface area contributed by atoms with Crippen molar-refractivity contribution >= 4 is 29.1 Å². The Morgan fingerprint density at radius 2 is 2.08 bits per heavy atom. The van der Waals surface area contributed by atoms with Crippen molar-refractivity contribution in [2.45, 2.75) is 38.3 Å². The molecule has 126 valence electrons. The zero-order chi connectivity index (χ0) is 17.3. The third-order valence-corrected chi connectivity index (χ3v) is 4.64. The number of nitrogens with zero attached hydrogens (tertiary/aromatic N) is 2. The van der Waals surface area contributed by atoms with Crippen LogP contribution >= 0.6 is 23.2 Å². The molecule has 1 unspecified atom stereocenters. The molecule has 1 aliphatic rings. The molecular formula is C17H17Cl2N3O2. The normalized spacial score (nSPS) is 15.1. The predicted octanol–water partition coefficient (Wildman–Crippen LogP) is 3.30. The van der Waals surface area contributed by atoms with E-state index in [1.165, 1.54) is 10.7 Å². The first kappa shape index (κ1) is 17.0. The van der Waals surface area contributed by atoms with Gasteiger partial charge in [-0.15, -0.1) is 0 Å². The average molecular weight is 366 g/mol. The highest BCUT2D eigenvalue weighted by Gasteiger charge is 2.27. The molecule has 1 heterocycles. The number of rotatable bonds is 5. The maximum Gasteiger partial charge on any atom is 0.267 e. The monoisotopic (exact) mass is 365 g/mol. The molecule has 1 fully saturated rings. The van der Waals surface area contributed by atoms with Gasteiger partial charge < -0.3 is 5.32 Å². The third-order valence-electron chi connectivity index (χ3n) is 4.06. The highest BCUT2D eigenvalue weighted by molar-refractivity contribution is 6.35. The summed E-state index contributed by atoms with van der Waals surface area (Å²) < 4.78 is 1.24. The van der Waals surface area contributed by atoms with E-state index in [4.69, 9.17) is 23.2 Å². The lowest BCUT2D eigenvalue weighted by Crippen LogP contribution is -2.37. The van der Waals surface area contributed by atoms with Crippen LogP contribution in [0.2, 0.25) is 10.0 Å². The molecule has 0 radical (unpaired) electrons. The lowest BCUT2D eigenvalue weighted by Gasteiger charge is -2.15. The number of amides is 1. The Morgan fingerprint density at radius 1 is 1.33 bits per heavy atom. The second kappa shape index (κ2) is 6.95. The molecule has 7 heteroatoms. The summed E-state index contributed by atoms with van der Waals surface area (Å²) in [5.74, 6) is 0.128. The fourth-order valence-corrected chi connectivity index (χ4v) is 2.90. The minimum atomic E-state index is -0.692. The van der Waals surface area contributed by atoms with Gasteiger partial charge in [0.15, 0.2) is 0 Å². The lowest BCUT2D eigenvalue weighted by atomic mass is 10.2. The molecule has 1 saturated carbocycles. The summed E-state index contributed by atoms with van der Waals surface area (Å²) in [4.78, 5) is 24.4. The zero-order valence-corrected chi connectivity index (χ0v) is 14.6. The highest BCUT2D eigenvalue weighted by Crippen LogP contribution is 2.38. The molecule has 1 amide bonds. The van der Waals surface area contributed by atoms with E-state index < -0.39 is 6.04 Å². The molecule has 0 spiro atoms. The van der Waals surface area contributed by atoms with Gasteiger partial charge in [-0.1, -0.05) is 29.3 Å². The molecule has 1 N–H and O–H groups in total. The van der Waals surface area contributed by atoms with Crippen molar-refractivity contribution in [3.8, 4) is 0 Å². The first-order valence-corrected chi connectivity index (χ1v) is 8.52. The number of nitrogens with one attached hydrogen (secondary N) is 1. The van der Waals surface area contributed by atoms with Gasteiger partial charge in [0.1, 0.15) is 6.04 Å². The molecule has 24 heavy (non-hydrogen) atoms. The van der Waals surface area contributed by atoms with Gasteiger partial charge in [-0.05, 0) is 43.5 Å². The first-order valence-electron chi connectivity index (χ1n) is 7.77. The van der Waals surface area contributed by atoms with E-state index in [9.17, 15) is 9.59 Å². The number of benzene rings is 1. The largest absolute Gasteiger partial charge is 0.350 e. The van der Waals surface area contributed by atoms with E-state index in [-0.39, 0.29) is 18.0 Å². The van der Waals surface area contributed by atoms with Crippen molar-refractivity contribution in [3.05, 3.63) is 62.0 Å². The third kappa shape index (κ3) is 3.79. The van der Waals surface area contributed by atoms with Crippen LogP contribution in [0, 0.1) is 0 Å². The standard InChI is InChI=1S/C17H17Cl2N3O2/c1-10(22-16(23)7-6-15(21-22)11-2-3-11)17(24)20-9-12-4-5-13(18)8-14(12)19/h4-8,10-11H,2-3,9H2,1H3,(H,20,24). The Hall–Kier alpha value is -1.85. The smallest absolute Gasteiger partial charge is 0.267 e. The molecule has 0 saturated heterocycles. The van der Waals surface area contributed by atoms with E-state index in [1.54, 1.807) is 31.2 Å². The second-order valence-corrected chi connectivity index (χ2v) is 6.79. The Morgan fingerprint density at radius 3 is 2.75 bits per heavy atom. The van der Waals surface area contributed by atoms with Gasteiger partial charge in [-0.3, -0.25) is 9.59 Å². The maximum absolute atomic E-state index is 12.4. The van der Waals surface area contributed by atoms with E-state index in [0.717, 1.165) is 24.1 Å². The van der Waals surface area contributed by atoms with Crippen molar-refractivity contribution in [1.29, 1.82) is 0 Å². The lowest BCUT2D eigenvalue weighted by molar-refractivity contribution is -0.124. The van der Waals surface area contributed by atoms with Crippen molar-refractivity contribution in [1.82, 2.24) is 15.1 Å². The first-order chi connectivity index (χ1) is 11.5. The molecule has 0 bridgehead atoms. The van der Waals surface area contributed by atoms with Crippen LogP contribution in [-0.4, -0.2) is 15.7 Å². The Bertz CT molecular complexity index is 831. The topological polar surface area (TPSA) is 64.0 Å². The molecule has 2 aromatic rings. The van der Waals surface area contributed by atoms with Crippen molar-refractivity contribution < 1.29 is 4.79 Å². The van der Waals surface area contributed by atoms with Crippen LogP contribution in [0.25, 0.3) is 0 Å². The van der Waals surface area contributed by atoms with Crippen LogP contribution in [0.1, 0.15) is 43.0 Å². The molecule has 1 aromatic carbocycles. The number of aromatic nitrogens is 2. The van der Waals surface area contributed by atoms with E-state index in [1.807, 2.05) is 0 Å². The van der Waals surface area contributed by atoms with Gasteiger partial charge in [0.05, 0.1) is 5.69 Å². The zero-order valence-electron chi connectivity index (χ0n) is 13.1. The van der Waals surface area contributed by atoms with Gasteiger partial charge in [0.25, 0.3) is 5.56 Å². The minimum absolute atomic E-state index is 0.260. The summed E-state index contributed by atoms with van der Waals surface area (Å²) in [6.07, 6.45) is 2.17.